The van der Waals surface area contributed by atoms with E-state index in [1.165, 1.54) is 14.0 Å². The molecule has 0 spiro atoms. The average molecular weight is 265 g/mol. The Morgan fingerprint density at radius 2 is 1.94 bits per heavy atom. The van der Waals surface area contributed by atoms with Gasteiger partial charge in [-0.3, -0.25) is 0 Å². The number of rotatable bonds is 3. The molecular weight excluding hydrogens is 255 g/mol. The van der Waals surface area contributed by atoms with E-state index in [1.54, 1.807) is 0 Å². The van der Waals surface area contributed by atoms with Crippen LogP contribution in [0.4, 0.5) is 13.2 Å². The summed E-state index contributed by atoms with van der Waals surface area (Å²) in [7, 11) is 2.34. The van der Waals surface area contributed by atoms with Gasteiger partial charge in [-0.25, -0.2) is 9.78 Å². The highest BCUT2D eigenvalue weighted by Crippen LogP contribution is 2.28. The van der Waals surface area contributed by atoms with Gasteiger partial charge < -0.3 is 14.2 Å². The summed E-state index contributed by atoms with van der Waals surface area (Å²) < 4.78 is 49.1. The van der Waals surface area contributed by atoms with Crippen LogP contribution in [0.2, 0.25) is 0 Å². The van der Waals surface area contributed by atoms with Crippen molar-refractivity contribution in [1.82, 2.24) is 4.98 Å². The molecule has 0 aromatic carbocycles. The van der Waals surface area contributed by atoms with E-state index in [0.717, 1.165) is 13.2 Å². The van der Waals surface area contributed by atoms with Gasteiger partial charge in [0, 0.05) is 11.6 Å². The number of alkyl halides is 3. The first-order chi connectivity index (χ1) is 8.28. The first-order valence-corrected chi connectivity index (χ1v) is 4.68. The molecule has 100 valence electrons. The van der Waals surface area contributed by atoms with Crippen molar-refractivity contribution in [3.05, 3.63) is 17.3 Å². The van der Waals surface area contributed by atoms with E-state index >= 15 is 0 Å². The molecule has 18 heavy (non-hydrogen) atoms. The van der Waals surface area contributed by atoms with Crippen LogP contribution in [0.15, 0.2) is 6.07 Å². The van der Waals surface area contributed by atoms with E-state index in [-0.39, 0.29) is 17.0 Å². The molecule has 1 heterocycles. The number of ether oxygens (including phenoxy) is 3. The second kappa shape index (κ2) is 5.11. The lowest BCUT2D eigenvalue weighted by Crippen LogP contribution is -2.19. The third kappa shape index (κ3) is 3.25. The smallest absolute Gasteiger partial charge is 0.496 e. The molecule has 1 rings (SSSR count). The second-order valence-corrected chi connectivity index (χ2v) is 3.18. The molecule has 0 amide bonds. The number of hydrogen-bond acceptors (Lipinski definition) is 5. The van der Waals surface area contributed by atoms with Gasteiger partial charge in [0.1, 0.15) is 5.75 Å². The van der Waals surface area contributed by atoms with Gasteiger partial charge in [0.15, 0.2) is 5.69 Å². The fourth-order valence-electron chi connectivity index (χ4n) is 1.24. The molecule has 0 aliphatic rings. The van der Waals surface area contributed by atoms with Crippen LogP contribution < -0.4 is 9.47 Å². The molecular formula is C10H10F3NO4. The van der Waals surface area contributed by atoms with Gasteiger partial charge in [-0.15, -0.1) is 13.2 Å². The van der Waals surface area contributed by atoms with E-state index in [9.17, 15) is 18.0 Å². The van der Waals surface area contributed by atoms with Gasteiger partial charge in [-0.05, 0) is 6.92 Å². The van der Waals surface area contributed by atoms with Gasteiger partial charge in [0.05, 0.1) is 14.2 Å². The molecule has 5 nitrogen and oxygen atoms in total. The van der Waals surface area contributed by atoms with Crippen molar-refractivity contribution in [3.8, 4) is 11.6 Å². The molecule has 0 aliphatic carbocycles. The van der Waals surface area contributed by atoms with Crippen LogP contribution in [0.1, 0.15) is 16.1 Å². The summed E-state index contributed by atoms with van der Waals surface area (Å²) in [6.07, 6.45) is -4.90. The highest BCUT2D eigenvalue weighted by atomic mass is 19.4. The third-order valence-corrected chi connectivity index (χ3v) is 2.02. The summed E-state index contributed by atoms with van der Waals surface area (Å²) in [4.78, 5) is 14.8. The molecule has 0 saturated heterocycles. The minimum atomic E-state index is -4.90. The molecule has 0 unspecified atom stereocenters. The molecule has 0 radical (unpaired) electrons. The Bertz CT molecular complexity index is 459. The zero-order valence-electron chi connectivity index (χ0n) is 9.79. The lowest BCUT2D eigenvalue weighted by molar-refractivity contribution is -0.276. The van der Waals surface area contributed by atoms with Crippen LogP contribution in [0.5, 0.6) is 11.6 Å². The van der Waals surface area contributed by atoms with E-state index in [1.807, 2.05) is 0 Å². The number of carbonyl (C=O) groups excluding carboxylic acids is 1. The Hall–Kier alpha value is -1.99. The standard InChI is InChI=1S/C10H10F3NO4/c1-5-6(16-2)4-7(18-10(11,12)13)14-8(5)9(15)17-3/h4H,1-3H3. The maximum absolute atomic E-state index is 12.1. The number of esters is 1. The molecule has 0 bridgehead atoms. The first kappa shape index (κ1) is 14.1. The molecule has 0 saturated carbocycles. The van der Waals surface area contributed by atoms with Crippen molar-refractivity contribution in [3.63, 3.8) is 0 Å². The Kier molecular flexibility index (Phi) is 4.00. The number of methoxy groups -OCH3 is 2. The maximum atomic E-state index is 12.1. The van der Waals surface area contributed by atoms with E-state index in [0.29, 0.717) is 0 Å². The lowest BCUT2D eigenvalue weighted by atomic mass is 10.2. The van der Waals surface area contributed by atoms with Gasteiger partial charge in [-0.2, -0.15) is 0 Å². The van der Waals surface area contributed by atoms with Crippen LogP contribution in [-0.4, -0.2) is 31.5 Å². The maximum Gasteiger partial charge on any atom is 0.574 e. The Morgan fingerprint density at radius 3 is 2.39 bits per heavy atom. The van der Waals surface area contributed by atoms with Crippen LogP contribution in [0.3, 0.4) is 0 Å². The van der Waals surface area contributed by atoms with Crippen molar-refractivity contribution >= 4 is 5.97 Å². The summed E-state index contributed by atoms with van der Waals surface area (Å²) >= 11 is 0. The predicted molar refractivity (Wildman–Crippen MR) is 53.5 cm³/mol. The largest absolute Gasteiger partial charge is 0.574 e. The normalized spacial score (nSPS) is 11.0. The summed E-state index contributed by atoms with van der Waals surface area (Å²) in [6.45, 7) is 1.47. The van der Waals surface area contributed by atoms with E-state index < -0.39 is 18.2 Å². The zero-order chi connectivity index (χ0) is 13.9. The number of aromatic nitrogens is 1. The average Bonchev–Trinajstić information content (AvgIpc) is 2.28. The van der Waals surface area contributed by atoms with E-state index in [2.05, 4.69) is 14.5 Å². The number of nitrogens with zero attached hydrogens (tertiary/aromatic N) is 1. The molecule has 0 atom stereocenters. The molecule has 0 aliphatic heterocycles. The topological polar surface area (TPSA) is 57.7 Å². The SMILES string of the molecule is COC(=O)c1nc(OC(F)(F)F)cc(OC)c1C. The Morgan fingerprint density at radius 1 is 1.33 bits per heavy atom. The summed E-state index contributed by atoms with van der Waals surface area (Å²) in [5.41, 5.74) is -0.0324. The molecule has 0 N–H and O–H groups in total. The number of pyridine rings is 1. The molecule has 0 fully saturated rings. The van der Waals surface area contributed by atoms with Crippen molar-refractivity contribution in [1.29, 1.82) is 0 Å². The fraction of sp³-hybridized carbons (Fsp3) is 0.400. The van der Waals surface area contributed by atoms with Crippen molar-refractivity contribution < 1.29 is 32.2 Å². The Labute approximate surface area is 100 Å². The van der Waals surface area contributed by atoms with Gasteiger partial charge in [-0.1, -0.05) is 0 Å². The predicted octanol–water partition coefficient (Wildman–Crippen LogP) is 2.08. The van der Waals surface area contributed by atoms with Crippen LogP contribution in [0, 0.1) is 6.92 Å². The minimum absolute atomic E-state index is 0.0460. The van der Waals surface area contributed by atoms with Crippen molar-refractivity contribution in [2.75, 3.05) is 14.2 Å². The van der Waals surface area contributed by atoms with Crippen LogP contribution in [0.25, 0.3) is 0 Å². The second-order valence-electron chi connectivity index (χ2n) is 3.18. The van der Waals surface area contributed by atoms with Gasteiger partial charge in [0.2, 0.25) is 5.88 Å². The molecule has 8 heteroatoms. The number of carbonyl (C=O) groups is 1. The molecule has 1 aromatic rings. The lowest BCUT2D eigenvalue weighted by Gasteiger charge is -2.13. The van der Waals surface area contributed by atoms with Crippen molar-refractivity contribution in [2.45, 2.75) is 13.3 Å². The number of halogens is 3. The Balaban J connectivity index is 3.26. The fourth-order valence-corrected chi connectivity index (χ4v) is 1.24. The highest BCUT2D eigenvalue weighted by molar-refractivity contribution is 5.89. The van der Waals surface area contributed by atoms with Crippen molar-refractivity contribution in [2.24, 2.45) is 0 Å². The third-order valence-electron chi connectivity index (χ3n) is 2.02. The first-order valence-electron chi connectivity index (χ1n) is 4.68. The highest BCUT2D eigenvalue weighted by Gasteiger charge is 2.33. The number of hydrogen-bond donors (Lipinski definition) is 0. The minimum Gasteiger partial charge on any atom is -0.496 e. The van der Waals surface area contributed by atoms with Crippen LogP contribution in [-0.2, 0) is 4.74 Å². The summed E-state index contributed by atoms with van der Waals surface area (Å²) in [5, 5.41) is 0. The van der Waals surface area contributed by atoms with Crippen LogP contribution >= 0.6 is 0 Å². The summed E-state index contributed by atoms with van der Waals surface area (Å²) in [6, 6.07) is 0.940. The zero-order valence-corrected chi connectivity index (χ0v) is 9.79. The monoisotopic (exact) mass is 265 g/mol. The quantitative estimate of drug-likeness (QED) is 0.783. The molecule has 1 aromatic heterocycles. The van der Waals surface area contributed by atoms with Gasteiger partial charge >= 0.3 is 12.3 Å². The van der Waals surface area contributed by atoms with E-state index in [4.69, 9.17) is 4.74 Å². The summed E-state index contributed by atoms with van der Waals surface area (Å²) in [5.74, 6) is -1.62. The van der Waals surface area contributed by atoms with Gasteiger partial charge in [0.25, 0.3) is 0 Å².